The van der Waals surface area contributed by atoms with Crippen molar-refractivity contribution in [2.75, 3.05) is 13.1 Å². The molecule has 3 rings (SSSR count). The molecule has 2 aliphatic rings. The summed E-state index contributed by atoms with van der Waals surface area (Å²) in [5.74, 6) is 0.319. The van der Waals surface area contributed by atoms with Crippen LogP contribution in [0.2, 0.25) is 0 Å². The summed E-state index contributed by atoms with van der Waals surface area (Å²) in [5.41, 5.74) is 2.17. The number of carbonyl (C=O) groups is 1. The topological polar surface area (TPSA) is 36.4 Å². The van der Waals surface area contributed by atoms with E-state index in [1.807, 2.05) is 17.9 Å². The molecule has 0 radical (unpaired) electrons. The maximum atomic E-state index is 12.0. The highest BCUT2D eigenvalue weighted by Gasteiger charge is 2.45. The molecule has 4 heteroatoms. The van der Waals surface area contributed by atoms with E-state index in [1.54, 1.807) is 0 Å². The van der Waals surface area contributed by atoms with Crippen molar-refractivity contribution >= 4 is 5.91 Å². The van der Waals surface area contributed by atoms with E-state index in [0.29, 0.717) is 24.4 Å². The van der Waals surface area contributed by atoms with Crippen molar-refractivity contribution in [3.63, 3.8) is 0 Å². The molecule has 1 aromatic rings. The molecule has 0 aliphatic carbocycles. The normalized spacial score (nSPS) is 27.1. The Morgan fingerprint density at radius 2 is 2.21 bits per heavy atom. The summed E-state index contributed by atoms with van der Waals surface area (Å²) in [4.78, 5) is 21.0. The van der Waals surface area contributed by atoms with Crippen LogP contribution in [-0.4, -0.2) is 45.9 Å². The van der Waals surface area contributed by atoms with E-state index in [-0.39, 0.29) is 0 Å². The quantitative estimate of drug-likeness (QED) is 0.827. The zero-order valence-corrected chi connectivity index (χ0v) is 11.7. The predicted molar refractivity (Wildman–Crippen MR) is 73.6 cm³/mol. The van der Waals surface area contributed by atoms with Gasteiger partial charge >= 0.3 is 0 Å². The Hall–Kier alpha value is -1.42. The summed E-state index contributed by atoms with van der Waals surface area (Å²) in [6.45, 7) is 6.89. The van der Waals surface area contributed by atoms with Gasteiger partial charge < -0.3 is 4.90 Å². The molecule has 0 unspecified atom stereocenters. The Kier molecular flexibility index (Phi) is 3.27. The molecule has 2 saturated heterocycles. The van der Waals surface area contributed by atoms with Crippen molar-refractivity contribution in [2.24, 2.45) is 0 Å². The molecule has 2 fully saturated rings. The monoisotopic (exact) mass is 259 g/mol. The van der Waals surface area contributed by atoms with Crippen LogP contribution in [0.1, 0.15) is 31.2 Å². The van der Waals surface area contributed by atoms with Gasteiger partial charge in [0.1, 0.15) is 0 Å². The van der Waals surface area contributed by atoms with Gasteiger partial charge in [0.05, 0.1) is 5.69 Å². The SMILES string of the molecule is CCN1C(=O)C[C@@H]2[C@@H]1CCN2Cc1cccc(C)n1. The van der Waals surface area contributed by atoms with Crippen molar-refractivity contribution in [1.82, 2.24) is 14.8 Å². The molecular formula is C15H21N3O. The summed E-state index contributed by atoms with van der Waals surface area (Å²) < 4.78 is 0. The van der Waals surface area contributed by atoms with Gasteiger partial charge in [0.15, 0.2) is 0 Å². The van der Waals surface area contributed by atoms with Crippen LogP contribution in [-0.2, 0) is 11.3 Å². The smallest absolute Gasteiger partial charge is 0.224 e. The highest BCUT2D eigenvalue weighted by Crippen LogP contribution is 2.32. The molecule has 2 atom stereocenters. The second-order valence-electron chi connectivity index (χ2n) is 5.55. The average molecular weight is 259 g/mol. The summed E-state index contributed by atoms with van der Waals surface area (Å²) in [6.07, 6.45) is 1.79. The van der Waals surface area contributed by atoms with E-state index in [1.165, 1.54) is 0 Å². The van der Waals surface area contributed by atoms with Crippen LogP contribution in [0.15, 0.2) is 18.2 Å². The van der Waals surface area contributed by atoms with Crippen LogP contribution in [0.4, 0.5) is 0 Å². The lowest BCUT2D eigenvalue weighted by molar-refractivity contribution is -0.128. The Labute approximate surface area is 114 Å². The summed E-state index contributed by atoms with van der Waals surface area (Å²) in [5, 5.41) is 0. The molecule has 19 heavy (non-hydrogen) atoms. The van der Waals surface area contributed by atoms with E-state index in [4.69, 9.17) is 0 Å². The molecule has 0 bridgehead atoms. The van der Waals surface area contributed by atoms with Crippen LogP contribution in [0.25, 0.3) is 0 Å². The lowest BCUT2D eigenvalue weighted by atomic mass is 10.1. The van der Waals surface area contributed by atoms with Crippen LogP contribution < -0.4 is 0 Å². The number of carbonyl (C=O) groups excluding carboxylic acids is 1. The Morgan fingerprint density at radius 3 is 2.95 bits per heavy atom. The lowest BCUT2D eigenvalue weighted by Crippen LogP contribution is -2.37. The van der Waals surface area contributed by atoms with Gasteiger partial charge in [0, 0.05) is 43.8 Å². The number of amides is 1. The minimum atomic E-state index is 0.319. The van der Waals surface area contributed by atoms with E-state index in [2.05, 4.69) is 28.9 Å². The van der Waals surface area contributed by atoms with Crippen molar-refractivity contribution in [3.05, 3.63) is 29.6 Å². The number of likely N-dealkylation sites (tertiary alicyclic amines) is 2. The Morgan fingerprint density at radius 1 is 1.37 bits per heavy atom. The van der Waals surface area contributed by atoms with Gasteiger partial charge in [-0.25, -0.2) is 0 Å². The fourth-order valence-electron chi connectivity index (χ4n) is 3.51. The first kappa shape index (κ1) is 12.6. The summed E-state index contributed by atoms with van der Waals surface area (Å²) in [7, 11) is 0. The van der Waals surface area contributed by atoms with Gasteiger partial charge in [-0.3, -0.25) is 14.7 Å². The first-order valence-corrected chi connectivity index (χ1v) is 7.15. The number of nitrogens with zero attached hydrogens (tertiary/aromatic N) is 3. The number of likely N-dealkylation sites (N-methyl/N-ethyl adjacent to an activating group) is 1. The number of pyridine rings is 1. The number of aryl methyl sites for hydroxylation is 1. The molecule has 0 saturated carbocycles. The molecule has 0 aromatic carbocycles. The minimum absolute atomic E-state index is 0.319. The molecule has 1 aromatic heterocycles. The van der Waals surface area contributed by atoms with Crippen LogP contribution >= 0.6 is 0 Å². The summed E-state index contributed by atoms with van der Waals surface area (Å²) in [6, 6.07) is 6.99. The van der Waals surface area contributed by atoms with Gasteiger partial charge in [0.2, 0.25) is 5.91 Å². The highest BCUT2D eigenvalue weighted by molar-refractivity contribution is 5.80. The van der Waals surface area contributed by atoms with Crippen molar-refractivity contribution < 1.29 is 4.79 Å². The fourth-order valence-corrected chi connectivity index (χ4v) is 3.51. The second kappa shape index (κ2) is 4.93. The van der Waals surface area contributed by atoms with Crippen LogP contribution in [0.5, 0.6) is 0 Å². The maximum absolute atomic E-state index is 12.0. The first-order chi connectivity index (χ1) is 9.19. The zero-order valence-electron chi connectivity index (χ0n) is 11.7. The molecule has 0 N–H and O–H groups in total. The maximum Gasteiger partial charge on any atom is 0.224 e. The third-order valence-corrected chi connectivity index (χ3v) is 4.38. The van der Waals surface area contributed by atoms with E-state index < -0.39 is 0 Å². The molecule has 4 nitrogen and oxygen atoms in total. The first-order valence-electron chi connectivity index (χ1n) is 7.15. The third-order valence-electron chi connectivity index (χ3n) is 4.38. The molecule has 2 aliphatic heterocycles. The van der Waals surface area contributed by atoms with Crippen LogP contribution in [0.3, 0.4) is 0 Å². The molecular weight excluding hydrogens is 238 g/mol. The van der Waals surface area contributed by atoms with E-state index in [0.717, 1.165) is 37.4 Å². The van der Waals surface area contributed by atoms with Gasteiger partial charge in [-0.1, -0.05) is 6.07 Å². The lowest BCUT2D eigenvalue weighted by Gasteiger charge is -2.24. The fraction of sp³-hybridized carbons (Fsp3) is 0.600. The molecule has 3 heterocycles. The van der Waals surface area contributed by atoms with E-state index in [9.17, 15) is 4.79 Å². The Balaban J connectivity index is 1.72. The largest absolute Gasteiger partial charge is 0.338 e. The predicted octanol–water partition coefficient (Wildman–Crippen LogP) is 1.59. The number of hydrogen-bond acceptors (Lipinski definition) is 3. The number of aromatic nitrogens is 1. The second-order valence-corrected chi connectivity index (χ2v) is 5.55. The molecule has 0 spiro atoms. The average Bonchev–Trinajstić information content (AvgIpc) is 2.89. The van der Waals surface area contributed by atoms with Crippen LogP contribution in [0, 0.1) is 6.92 Å². The van der Waals surface area contributed by atoms with Gasteiger partial charge in [-0.15, -0.1) is 0 Å². The number of fused-ring (bicyclic) bond motifs is 1. The highest BCUT2D eigenvalue weighted by atomic mass is 16.2. The molecule has 102 valence electrons. The summed E-state index contributed by atoms with van der Waals surface area (Å²) >= 11 is 0. The number of rotatable bonds is 3. The number of hydrogen-bond donors (Lipinski definition) is 0. The van der Waals surface area contributed by atoms with Crippen molar-refractivity contribution in [2.45, 2.75) is 45.3 Å². The van der Waals surface area contributed by atoms with Gasteiger partial charge in [-0.2, -0.15) is 0 Å². The Bertz CT molecular complexity index is 488. The minimum Gasteiger partial charge on any atom is -0.338 e. The van der Waals surface area contributed by atoms with Crippen molar-refractivity contribution in [3.8, 4) is 0 Å². The zero-order chi connectivity index (χ0) is 13.4. The van der Waals surface area contributed by atoms with Gasteiger partial charge in [0.25, 0.3) is 0 Å². The van der Waals surface area contributed by atoms with Gasteiger partial charge in [-0.05, 0) is 32.4 Å². The standard InChI is InChI=1S/C15H21N3O/c1-3-18-13-7-8-17(14(13)9-15(18)19)10-12-6-4-5-11(2)16-12/h4-6,13-14H,3,7-10H2,1-2H3/t13-,14+/m0/s1. The van der Waals surface area contributed by atoms with E-state index >= 15 is 0 Å². The third kappa shape index (κ3) is 2.25. The van der Waals surface area contributed by atoms with Crippen molar-refractivity contribution in [1.29, 1.82) is 0 Å². The molecule has 1 amide bonds.